The van der Waals surface area contributed by atoms with Crippen molar-refractivity contribution in [3.05, 3.63) is 23.8 Å². The van der Waals surface area contributed by atoms with E-state index in [4.69, 9.17) is 15.2 Å². The molecule has 0 amide bonds. The summed E-state index contributed by atoms with van der Waals surface area (Å²) in [5, 5.41) is 6.64. The third-order valence-corrected chi connectivity index (χ3v) is 2.87. The first-order valence-corrected chi connectivity index (χ1v) is 5.78. The lowest BCUT2D eigenvalue weighted by molar-refractivity contribution is 0.343. The number of hydrogen-bond acceptors (Lipinski definition) is 4. The van der Waals surface area contributed by atoms with Crippen LogP contribution in [0, 0.1) is 0 Å². The Hall–Kier alpha value is -2.24. The Morgan fingerprint density at radius 1 is 1.21 bits per heavy atom. The summed E-state index contributed by atoms with van der Waals surface area (Å²) >= 11 is 0. The monoisotopic (exact) mass is 265 g/mol. The first kappa shape index (κ1) is 13.2. The van der Waals surface area contributed by atoms with Crippen LogP contribution in [-0.2, 0) is 0 Å². The number of halogens is 1. The number of nitrogens with one attached hydrogen (secondary N) is 1. The maximum absolute atomic E-state index is 13.6. The number of aromatic amines is 1. The molecule has 0 aliphatic heterocycles. The lowest BCUT2D eigenvalue weighted by Gasteiger charge is -2.14. The Kier molecular flexibility index (Phi) is 3.59. The second kappa shape index (κ2) is 5.17. The molecule has 2 rings (SSSR count). The van der Waals surface area contributed by atoms with Gasteiger partial charge in [0.25, 0.3) is 0 Å². The number of hydrogen-bond donors (Lipinski definition) is 2. The standard InChI is InChI=1S/C13H16FN3O2/c1-7(14)8-4-9(10-5-13(15)17-16-10)12(19-3)6-11(8)18-2/h4-7H,1-3H3,(H3,15,16,17). The van der Waals surface area contributed by atoms with Crippen molar-refractivity contribution in [3.63, 3.8) is 0 Å². The molecule has 0 spiro atoms. The van der Waals surface area contributed by atoms with Crippen molar-refractivity contribution < 1.29 is 13.9 Å². The van der Waals surface area contributed by atoms with Gasteiger partial charge in [0.15, 0.2) is 0 Å². The SMILES string of the molecule is COc1cc(OC)c(C(C)F)cc1-c1cc(N)n[nH]1. The number of nitrogens with two attached hydrogens (primary N) is 1. The summed E-state index contributed by atoms with van der Waals surface area (Å²) in [5.74, 6) is 1.37. The van der Waals surface area contributed by atoms with E-state index in [2.05, 4.69) is 10.2 Å². The number of nitrogens with zero attached hydrogens (tertiary/aromatic N) is 1. The molecule has 6 heteroatoms. The van der Waals surface area contributed by atoms with E-state index in [9.17, 15) is 4.39 Å². The lowest BCUT2D eigenvalue weighted by Crippen LogP contribution is -1.97. The van der Waals surface area contributed by atoms with Crippen LogP contribution in [0.4, 0.5) is 10.2 Å². The average Bonchev–Trinajstić information content (AvgIpc) is 2.83. The minimum absolute atomic E-state index is 0.364. The van der Waals surface area contributed by atoms with E-state index in [1.807, 2.05) is 0 Å². The first-order valence-electron chi connectivity index (χ1n) is 5.78. The van der Waals surface area contributed by atoms with Crippen LogP contribution in [-0.4, -0.2) is 24.4 Å². The normalized spacial score (nSPS) is 12.2. The zero-order valence-electron chi connectivity index (χ0n) is 11.0. The molecule has 1 unspecified atom stereocenters. The van der Waals surface area contributed by atoms with E-state index in [1.165, 1.54) is 21.1 Å². The van der Waals surface area contributed by atoms with E-state index in [0.29, 0.717) is 34.1 Å². The van der Waals surface area contributed by atoms with Gasteiger partial charge in [0.05, 0.1) is 19.9 Å². The first-order chi connectivity index (χ1) is 9.06. The van der Waals surface area contributed by atoms with E-state index in [-0.39, 0.29) is 0 Å². The maximum atomic E-state index is 13.6. The van der Waals surface area contributed by atoms with Crippen LogP contribution in [0.2, 0.25) is 0 Å². The van der Waals surface area contributed by atoms with Crippen LogP contribution in [0.25, 0.3) is 11.3 Å². The van der Waals surface area contributed by atoms with E-state index < -0.39 is 6.17 Å². The van der Waals surface area contributed by atoms with Crippen LogP contribution >= 0.6 is 0 Å². The van der Waals surface area contributed by atoms with Gasteiger partial charge in [0, 0.05) is 23.3 Å². The van der Waals surface area contributed by atoms with E-state index >= 15 is 0 Å². The summed E-state index contributed by atoms with van der Waals surface area (Å²) in [6.45, 7) is 1.45. The highest BCUT2D eigenvalue weighted by Crippen LogP contribution is 2.38. The summed E-state index contributed by atoms with van der Waals surface area (Å²) in [5.41, 5.74) is 7.38. The number of aromatic nitrogens is 2. The molecule has 0 radical (unpaired) electrons. The van der Waals surface area contributed by atoms with Gasteiger partial charge in [0.1, 0.15) is 23.5 Å². The summed E-state index contributed by atoms with van der Waals surface area (Å²) < 4.78 is 24.1. The molecule has 5 nitrogen and oxygen atoms in total. The second-order valence-electron chi connectivity index (χ2n) is 4.12. The summed E-state index contributed by atoms with van der Waals surface area (Å²) in [6, 6.07) is 4.99. The molecule has 1 aromatic heterocycles. The van der Waals surface area contributed by atoms with Crippen molar-refractivity contribution in [2.45, 2.75) is 13.1 Å². The highest BCUT2D eigenvalue weighted by molar-refractivity contribution is 5.72. The van der Waals surface area contributed by atoms with Gasteiger partial charge in [-0.3, -0.25) is 5.10 Å². The number of benzene rings is 1. The molecule has 0 aliphatic rings. The van der Waals surface area contributed by atoms with Crippen molar-refractivity contribution in [1.82, 2.24) is 10.2 Å². The Bertz CT molecular complexity index is 581. The fourth-order valence-electron chi connectivity index (χ4n) is 1.92. The molecular formula is C13H16FN3O2. The van der Waals surface area contributed by atoms with E-state index in [0.717, 1.165) is 0 Å². The van der Waals surface area contributed by atoms with Crippen LogP contribution in [0.1, 0.15) is 18.7 Å². The molecule has 0 aliphatic carbocycles. The topological polar surface area (TPSA) is 73.2 Å². The molecule has 102 valence electrons. The van der Waals surface area contributed by atoms with Crippen molar-refractivity contribution in [1.29, 1.82) is 0 Å². The summed E-state index contributed by atoms with van der Waals surface area (Å²) in [7, 11) is 3.03. The molecule has 19 heavy (non-hydrogen) atoms. The fraction of sp³-hybridized carbons (Fsp3) is 0.308. The third-order valence-electron chi connectivity index (χ3n) is 2.87. The predicted molar refractivity (Wildman–Crippen MR) is 71.1 cm³/mol. The molecule has 3 N–H and O–H groups in total. The second-order valence-corrected chi connectivity index (χ2v) is 4.12. The zero-order chi connectivity index (χ0) is 14.0. The smallest absolute Gasteiger partial charge is 0.145 e. The van der Waals surface area contributed by atoms with Crippen molar-refractivity contribution >= 4 is 5.82 Å². The van der Waals surface area contributed by atoms with Crippen molar-refractivity contribution in [2.75, 3.05) is 20.0 Å². The largest absolute Gasteiger partial charge is 0.496 e. The highest BCUT2D eigenvalue weighted by Gasteiger charge is 2.17. The van der Waals surface area contributed by atoms with Crippen molar-refractivity contribution in [3.8, 4) is 22.8 Å². The number of ether oxygens (including phenoxy) is 2. The van der Waals surface area contributed by atoms with Gasteiger partial charge >= 0.3 is 0 Å². The van der Waals surface area contributed by atoms with Crippen LogP contribution in [0.5, 0.6) is 11.5 Å². The number of alkyl halides is 1. The minimum atomic E-state index is -1.15. The number of nitrogen functional groups attached to an aromatic ring is 1. The Balaban J connectivity index is 2.62. The van der Waals surface area contributed by atoms with Gasteiger partial charge < -0.3 is 15.2 Å². The molecule has 1 aromatic carbocycles. The maximum Gasteiger partial charge on any atom is 0.145 e. The Labute approximate surface area is 110 Å². The molecule has 2 aromatic rings. The number of H-pyrrole nitrogens is 1. The van der Waals surface area contributed by atoms with Gasteiger partial charge in [-0.25, -0.2) is 4.39 Å². The van der Waals surface area contributed by atoms with Gasteiger partial charge in [0.2, 0.25) is 0 Å². The van der Waals surface area contributed by atoms with Crippen LogP contribution < -0.4 is 15.2 Å². The summed E-state index contributed by atoms with van der Waals surface area (Å²) in [6.07, 6.45) is -1.15. The fourth-order valence-corrected chi connectivity index (χ4v) is 1.92. The summed E-state index contributed by atoms with van der Waals surface area (Å²) in [4.78, 5) is 0. The molecule has 1 atom stereocenters. The number of methoxy groups -OCH3 is 2. The minimum Gasteiger partial charge on any atom is -0.496 e. The van der Waals surface area contributed by atoms with Gasteiger partial charge in [-0.05, 0) is 13.0 Å². The van der Waals surface area contributed by atoms with Gasteiger partial charge in [-0.2, -0.15) is 5.10 Å². The highest BCUT2D eigenvalue weighted by atomic mass is 19.1. The molecule has 0 fully saturated rings. The predicted octanol–water partition coefficient (Wildman–Crippen LogP) is 2.71. The lowest BCUT2D eigenvalue weighted by atomic mass is 10.0. The van der Waals surface area contributed by atoms with Crippen molar-refractivity contribution in [2.24, 2.45) is 0 Å². The molecule has 0 saturated carbocycles. The van der Waals surface area contributed by atoms with E-state index in [1.54, 1.807) is 18.2 Å². The number of rotatable bonds is 4. The molecular weight excluding hydrogens is 249 g/mol. The zero-order valence-corrected chi connectivity index (χ0v) is 11.0. The molecule has 0 bridgehead atoms. The van der Waals surface area contributed by atoms with Gasteiger partial charge in [-0.1, -0.05) is 0 Å². The molecule has 1 heterocycles. The van der Waals surface area contributed by atoms with Crippen LogP contribution in [0.3, 0.4) is 0 Å². The Morgan fingerprint density at radius 3 is 2.37 bits per heavy atom. The van der Waals surface area contributed by atoms with Crippen LogP contribution in [0.15, 0.2) is 18.2 Å². The quantitative estimate of drug-likeness (QED) is 0.891. The van der Waals surface area contributed by atoms with Gasteiger partial charge in [-0.15, -0.1) is 0 Å². The number of anilines is 1. The molecule has 0 saturated heterocycles. The Morgan fingerprint density at radius 2 is 1.89 bits per heavy atom. The third kappa shape index (κ3) is 2.47. The average molecular weight is 265 g/mol.